The largest absolute Gasteiger partial charge is 0.481 e. The van der Waals surface area contributed by atoms with E-state index < -0.39 is 5.97 Å². The number of carboxylic acid groups (broad SMARTS) is 1. The summed E-state index contributed by atoms with van der Waals surface area (Å²) in [6, 6.07) is 7.22. The van der Waals surface area contributed by atoms with Crippen LogP contribution in [0.4, 0.5) is 10.5 Å². The summed E-state index contributed by atoms with van der Waals surface area (Å²) in [6.07, 6.45) is 1.40. The lowest BCUT2D eigenvalue weighted by Gasteiger charge is -2.21. The van der Waals surface area contributed by atoms with Gasteiger partial charge in [-0.2, -0.15) is 0 Å². The number of hydrogen-bond acceptors (Lipinski definition) is 3. The van der Waals surface area contributed by atoms with Crippen LogP contribution in [-0.2, 0) is 11.2 Å². The second-order valence-corrected chi connectivity index (χ2v) is 5.07. The zero-order valence-electron chi connectivity index (χ0n) is 12.0. The van der Waals surface area contributed by atoms with Crippen LogP contribution in [0.25, 0.3) is 0 Å². The van der Waals surface area contributed by atoms with E-state index in [1.807, 2.05) is 24.3 Å². The first kappa shape index (κ1) is 15.3. The smallest absolute Gasteiger partial charge is 0.321 e. The van der Waals surface area contributed by atoms with Crippen LogP contribution in [0.2, 0.25) is 0 Å². The number of aryl methyl sites for hydroxylation is 1. The number of carbonyl (C=O) groups excluding carboxylic acids is 1. The summed E-state index contributed by atoms with van der Waals surface area (Å²) in [7, 11) is 0. The summed E-state index contributed by atoms with van der Waals surface area (Å²) in [6.45, 7) is 3.15. The number of anilines is 1. The molecular weight excluding hydrogens is 270 g/mol. The van der Waals surface area contributed by atoms with E-state index in [0.717, 1.165) is 31.6 Å². The van der Waals surface area contributed by atoms with Crippen LogP contribution < -0.4 is 10.6 Å². The number of aliphatic carboxylic acids is 1. The molecule has 6 heteroatoms. The number of rotatable bonds is 4. The van der Waals surface area contributed by atoms with Gasteiger partial charge in [0, 0.05) is 31.7 Å². The van der Waals surface area contributed by atoms with Crippen LogP contribution in [0.1, 0.15) is 18.4 Å². The standard InChI is InChI=1S/C15H21N3O3/c19-14(20)7-6-12-4-1-2-5-13(12)17-15(21)18-10-3-8-16-9-11-18/h1-2,4-5,16H,3,6-11H2,(H,17,21)(H,19,20). The van der Waals surface area contributed by atoms with Crippen molar-refractivity contribution < 1.29 is 14.7 Å². The van der Waals surface area contributed by atoms with Crippen molar-refractivity contribution in [2.45, 2.75) is 19.3 Å². The Labute approximate surface area is 124 Å². The van der Waals surface area contributed by atoms with Crippen molar-refractivity contribution in [3.8, 4) is 0 Å². The highest BCUT2D eigenvalue weighted by atomic mass is 16.4. The maximum Gasteiger partial charge on any atom is 0.321 e. The van der Waals surface area contributed by atoms with Crippen LogP contribution in [0.5, 0.6) is 0 Å². The van der Waals surface area contributed by atoms with E-state index in [1.54, 1.807) is 4.90 Å². The Morgan fingerprint density at radius 2 is 2.05 bits per heavy atom. The molecule has 1 aromatic carbocycles. The van der Waals surface area contributed by atoms with E-state index in [9.17, 15) is 9.59 Å². The lowest BCUT2D eigenvalue weighted by molar-refractivity contribution is -0.136. The molecule has 114 valence electrons. The normalized spacial score (nSPS) is 15.3. The number of carbonyl (C=O) groups is 2. The van der Waals surface area contributed by atoms with E-state index >= 15 is 0 Å². The van der Waals surface area contributed by atoms with Crippen molar-refractivity contribution in [3.63, 3.8) is 0 Å². The van der Waals surface area contributed by atoms with Crippen LogP contribution >= 0.6 is 0 Å². The topological polar surface area (TPSA) is 81.7 Å². The molecule has 1 aliphatic heterocycles. The van der Waals surface area contributed by atoms with Crippen molar-refractivity contribution >= 4 is 17.7 Å². The minimum Gasteiger partial charge on any atom is -0.481 e. The molecule has 0 saturated carbocycles. The summed E-state index contributed by atoms with van der Waals surface area (Å²) in [5.41, 5.74) is 1.54. The predicted octanol–water partition coefficient (Wildman–Crippen LogP) is 1.53. The van der Waals surface area contributed by atoms with Gasteiger partial charge in [0.1, 0.15) is 0 Å². The highest BCUT2D eigenvalue weighted by Crippen LogP contribution is 2.17. The van der Waals surface area contributed by atoms with Crippen molar-refractivity contribution in [2.75, 3.05) is 31.5 Å². The minimum atomic E-state index is -0.838. The van der Waals surface area contributed by atoms with Gasteiger partial charge in [0.2, 0.25) is 0 Å². The molecule has 3 N–H and O–H groups in total. The molecule has 2 amide bonds. The molecule has 1 aliphatic rings. The highest BCUT2D eigenvalue weighted by molar-refractivity contribution is 5.90. The Morgan fingerprint density at radius 3 is 2.86 bits per heavy atom. The first-order valence-electron chi connectivity index (χ1n) is 7.23. The quantitative estimate of drug-likeness (QED) is 0.786. The molecule has 0 radical (unpaired) electrons. The van der Waals surface area contributed by atoms with Gasteiger partial charge in [-0.05, 0) is 31.0 Å². The number of hydrogen-bond donors (Lipinski definition) is 3. The molecule has 1 fully saturated rings. The summed E-state index contributed by atoms with van der Waals surface area (Å²) >= 11 is 0. The predicted molar refractivity (Wildman–Crippen MR) is 80.5 cm³/mol. The zero-order valence-corrected chi connectivity index (χ0v) is 12.0. The van der Waals surface area contributed by atoms with Gasteiger partial charge >= 0.3 is 12.0 Å². The molecular formula is C15H21N3O3. The fraction of sp³-hybridized carbons (Fsp3) is 0.467. The van der Waals surface area contributed by atoms with E-state index in [-0.39, 0.29) is 12.5 Å². The van der Waals surface area contributed by atoms with E-state index in [4.69, 9.17) is 5.11 Å². The fourth-order valence-electron chi connectivity index (χ4n) is 2.34. The lowest BCUT2D eigenvalue weighted by atomic mass is 10.1. The van der Waals surface area contributed by atoms with Crippen molar-refractivity contribution in [1.29, 1.82) is 0 Å². The monoisotopic (exact) mass is 291 g/mol. The molecule has 1 saturated heterocycles. The maximum absolute atomic E-state index is 12.3. The molecule has 1 aromatic rings. The van der Waals surface area contributed by atoms with Crippen LogP contribution in [-0.4, -0.2) is 48.2 Å². The van der Waals surface area contributed by atoms with Gasteiger partial charge in [-0.25, -0.2) is 4.79 Å². The third-order valence-electron chi connectivity index (χ3n) is 3.49. The van der Waals surface area contributed by atoms with E-state index in [0.29, 0.717) is 18.7 Å². The fourth-order valence-corrected chi connectivity index (χ4v) is 2.34. The Morgan fingerprint density at radius 1 is 1.24 bits per heavy atom. The summed E-state index contributed by atoms with van der Waals surface area (Å²) in [4.78, 5) is 24.8. The third kappa shape index (κ3) is 4.75. The van der Waals surface area contributed by atoms with E-state index in [2.05, 4.69) is 10.6 Å². The first-order valence-corrected chi connectivity index (χ1v) is 7.23. The van der Waals surface area contributed by atoms with Crippen LogP contribution in [0.3, 0.4) is 0 Å². The first-order chi connectivity index (χ1) is 10.2. The SMILES string of the molecule is O=C(O)CCc1ccccc1NC(=O)N1CCCNCC1. The van der Waals surface area contributed by atoms with Crippen molar-refractivity contribution in [1.82, 2.24) is 10.2 Å². The summed E-state index contributed by atoms with van der Waals surface area (Å²) in [5, 5.41) is 14.9. The van der Waals surface area contributed by atoms with Gasteiger partial charge in [0.05, 0.1) is 0 Å². The number of carboxylic acids is 1. The van der Waals surface area contributed by atoms with Gasteiger partial charge in [-0.1, -0.05) is 18.2 Å². The maximum atomic E-state index is 12.3. The molecule has 0 bridgehead atoms. The second kappa shape index (κ2) is 7.64. The third-order valence-corrected chi connectivity index (χ3v) is 3.49. The number of nitrogens with zero attached hydrogens (tertiary/aromatic N) is 1. The molecule has 0 aliphatic carbocycles. The molecule has 6 nitrogen and oxygen atoms in total. The Balaban J connectivity index is 2.00. The van der Waals surface area contributed by atoms with Crippen LogP contribution in [0.15, 0.2) is 24.3 Å². The number of para-hydroxylation sites is 1. The highest BCUT2D eigenvalue weighted by Gasteiger charge is 2.16. The lowest BCUT2D eigenvalue weighted by Crippen LogP contribution is -2.37. The molecule has 0 atom stereocenters. The number of benzene rings is 1. The number of nitrogens with one attached hydrogen (secondary N) is 2. The molecule has 1 heterocycles. The summed E-state index contributed by atoms with van der Waals surface area (Å²) in [5.74, 6) is -0.838. The average Bonchev–Trinajstić information content (AvgIpc) is 2.75. The molecule has 0 unspecified atom stereocenters. The van der Waals surface area contributed by atoms with Crippen LogP contribution in [0, 0.1) is 0 Å². The molecule has 2 rings (SSSR count). The van der Waals surface area contributed by atoms with Crippen molar-refractivity contribution in [2.24, 2.45) is 0 Å². The Kier molecular flexibility index (Phi) is 5.57. The second-order valence-electron chi connectivity index (χ2n) is 5.07. The molecule has 0 spiro atoms. The van der Waals surface area contributed by atoms with E-state index in [1.165, 1.54) is 0 Å². The molecule has 0 aromatic heterocycles. The number of amides is 2. The average molecular weight is 291 g/mol. The Bertz CT molecular complexity index is 497. The van der Waals surface area contributed by atoms with Gasteiger partial charge in [-0.3, -0.25) is 4.79 Å². The molecule has 21 heavy (non-hydrogen) atoms. The van der Waals surface area contributed by atoms with Gasteiger partial charge in [-0.15, -0.1) is 0 Å². The zero-order chi connectivity index (χ0) is 15.1. The Hall–Kier alpha value is -2.08. The number of urea groups is 1. The summed E-state index contributed by atoms with van der Waals surface area (Å²) < 4.78 is 0. The van der Waals surface area contributed by atoms with Crippen molar-refractivity contribution in [3.05, 3.63) is 29.8 Å². The van der Waals surface area contributed by atoms with Gasteiger partial charge in [0.15, 0.2) is 0 Å². The minimum absolute atomic E-state index is 0.0561. The van der Waals surface area contributed by atoms with Gasteiger partial charge < -0.3 is 20.6 Å². The van der Waals surface area contributed by atoms with Gasteiger partial charge in [0.25, 0.3) is 0 Å².